The Morgan fingerprint density at radius 1 is 1.69 bits per heavy atom. The number of hydrogen-bond donors (Lipinski definition) is 1. The van der Waals surface area contributed by atoms with E-state index in [-0.39, 0.29) is 24.5 Å². The molecule has 1 aromatic carbocycles. The first-order chi connectivity index (χ1) is 7.34. The van der Waals surface area contributed by atoms with Gasteiger partial charge in [-0.05, 0) is 38.5 Å². The fourth-order valence-corrected chi connectivity index (χ4v) is 2.35. The molecule has 0 aromatic heterocycles. The van der Waals surface area contributed by atoms with Crippen LogP contribution in [-0.4, -0.2) is 16.2 Å². The first-order valence-corrected chi connectivity index (χ1v) is 5.82. The molecule has 9 heteroatoms. The van der Waals surface area contributed by atoms with Gasteiger partial charge in [0.1, 0.15) is 9.50 Å². The average Bonchev–Trinajstić information content (AvgIpc) is 2.12. The number of ether oxygens (including phenoxy) is 1. The fraction of sp³-hybridized carbons (Fsp3) is 0. The highest BCUT2D eigenvalue weighted by molar-refractivity contribution is 14.1. The molecule has 6 nitrogen and oxygen atoms in total. The first kappa shape index (κ1) is 13.5. The molecule has 0 saturated heterocycles. The molecule has 1 rings (SSSR count). The van der Waals surface area contributed by atoms with Crippen LogP contribution in [-0.2, 0) is 0 Å². The van der Waals surface area contributed by atoms with E-state index < -0.39 is 11.1 Å². The molecule has 0 heterocycles. The molecule has 0 aliphatic carbocycles. The second-order valence-electron chi connectivity index (χ2n) is 2.46. The third-order valence-electron chi connectivity index (χ3n) is 1.48. The predicted molar refractivity (Wildman–Crippen MR) is 67.2 cm³/mol. The van der Waals surface area contributed by atoms with E-state index in [0.717, 1.165) is 6.07 Å². The lowest BCUT2D eigenvalue weighted by molar-refractivity contribution is -0.385. The van der Waals surface area contributed by atoms with Crippen molar-refractivity contribution in [3.63, 3.8) is 0 Å². The van der Waals surface area contributed by atoms with Crippen LogP contribution in [0.2, 0.25) is 5.02 Å². The summed E-state index contributed by atoms with van der Waals surface area (Å²) in [5.74, 6) is -0.0597. The minimum atomic E-state index is -1.52. The molecule has 0 spiro atoms. The molecule has 0 unspecified atom stereocenters. The molecule has 0 saturated carbocycles. The topological polar surface area (TPSA) is 89.7 Å². The van der Waals surface area contributed by atoms with Gasteiger partial charge in [-0.3, -0.25) is 10.1 Å². The van der Waals surface area contributed by atoms with Crippen LogP contribution < -0.4 is 4.74 Å². The zero-order chi connectivity index (χ0) is 12.5. The monoisotopic (exact) mass is 421 g/mol. The molecule has 0 radical (unpaired) electrons. The van der Waals surface area contributed by atoms with Crippen LogP contribution in [0.1, 0.15) is 0 Å². The van der Waals surface area contributed by atoms with Gasteiger partial charge in [0, 0.05) is 6.07 Å². The normalized spacial score (nSPS) is 9.94. The van der Waals surface area contributed by atoms with Gasteiger partial charge in [0.2, 0.25) is 0 Å². The van der Waals surface area contributed by atoms with Crippen molar-refractivity contribution in [2.24, 2.45) is 0 Å². The summed E-state index contributed by atoms with van der Waals surface area (Å²) in [7, 11) is 0. The van der Waals surface area contributed by atoms with Gasteiger partial charge in [0.05, 0.1) is 8.49 Å². The summed E-state index contributed by atoms with van der Waals surface area (Å²) in [5, 5.41) is 18.9. The number of carboxylic acid groups (broad SMARTS) is 1. The van der Waals surface area contributed by atoms with Crippen LogP contribution in [0, 0.1) is 13.7 Å². The van der Waals surface area contributed by atoms with Crippen LogP contribution >= 0.6 is 50.1 Å². The number of carbonyl (C=O) groups is 1. The summed E-state index contributed by atoms with van der Waals surface area (Å²) in [6.07, 6.45) is -1.52. The Labute approximate surface area is 116 Å². The quantitative estimate of drug-likeness (QED) is 0.196. The number of hydrogen-bond acceptors (Lipinski definition) is 4. The van der Waals surface area contributed by atoms with Crippen molar-refractivity contribution in [2.75, 3.05) is 0 Å². The van der Waals surface area contributed by atoms with Gasteiger partial charge in [-0.25, -0.2) is 4.79 Å². The maximum atomic E-state index is 10.7. The zero-order valence-electron chi connectivity index (χ0n) is 7.24. The Hall–Kier alpha value is -0.610. The molecule has 0 bridgehead atoms. The lowest BCUT2D eigenvalue weighted by Gasteiger charge is -2.06. The molecule has 1 N–H and O–H groups in total. The van der Waals surface area contributed by atoms with Gasteiger partial charge < -0.3 is 9.84 Å². The van der Waals surface area contributed by atoms with Gasteiger partial charge in [-0.15, -0.1) is 0 Å². The fourth-order valence-electron chi connectivity index (χ4n) is 0.899. The van der Waals surface area contributed by atoms with Gasteiger partial charge in [-0.2, -0.15) is 0 Å². The van der Waals surface area contributed by atoms with Gasteiger partial charge in [-0.1, -0.05) is 11.6 Å². The molecule has 1 aromatic rings. The Morgan fingerprint density at radius 3 is 2.69 bits per heavy atom. The molecule has 0 atom stereocenters. The van der Waals surface area contributed by atoms with Crippen molar-refractivity contribution in [1.82, 2.24) is 0 Å². The van der Waals surface area contributed by atoms with Crippen LogP contribution in [0.3, 0.4) is 0 Å². The molecular formula is C7H2BrClINO5. The van der Waals surface area contributed by atoms with E-state index in [0.29, 0.717) is 0 Å². The summed E-state index contributed by atoms with van der Waals surface area (Å²) >= 11 is 10.3. The maximum Gasteiger partial charge on any atom is 0.511 e. The highest BCUT2D eigenvalue weighted by atomic mass is 127. The molecule has 0 aliphatic heterocycles. The summed E-state index contributed by atoms with van der Waals surface area (Å²) < 4.78 is 4.76. The van der Waals surface area contributed by atoms with E-state index in [1.807, 2.05) is 0 Å². The highest BCUT2D eigenvalue weighted by Crippen LogP contribution is 2.41. The number of nitrogens with zero attached hydrogens (tertiary/aromatic N) is 1. The summed E-state index contributed by atoms with van der Waals surface area (Å²) in [5.41, 5.74) is -0.330. The Balaban J connectivity index is 3.39. The summed E-state index contributed by atoms with van der Waals surface area (Å²) in [6.45, 7) is 0. The van der Waals surface area contributed by atoms with Gasteiger partial charge >= 0.3 is 11.8 Å². The van der Waals surface area contributed by atoms with Crippen LogP contribution in [0.25, 0.3) is 0 Å². The Kier molecular flexibility index (Phi) is 4.33. The van der Waals surface area contributed by atoms with Crippen LogP contribution in [0.5, 0.6) is 5.75 Å². The van der Waals surface area contributed by atoms with E-state index in [4.69, 9.17) is 16.7 Å². The first-order valence-electron chi connectivity index (χ1n) is 3.57. The van der Waals surface area contributed by atoms with Crippen molar-refractivity contribution in [3.8, 4) is 5.75 Å². The van der Waals surface area contributed by atoms with Gasteiger partial charge in [0.25, 0.3) is 0 Å². The Morgan fingerprint density at radius 2 is 2.25 bits per heavy atom. The molecule has 16 heavy (non-hydrogen) atoms. The summed E-state index contributed by atoms with van der Waals surface area (Å²) in [6, 6.07) is 1.08. The van der Waals surface area contributed by atoms with Crippen molar-refractivity contribution in [2.45, 2.75) is 0 Å². The average molecular weight is 422 g/mol. The second kappa shape index (κ2) is 5.15. The number of halogens is 3. The Bertz CT molecular complexity index is 480. The lowest BCUT2D eigenvalue weighted by atomic mass is 10.3. The van der Waals surface area contributed by atoms with E-state index >= 15 is 0 Å². The lowest BCUT2D eigenvalue weighted by Crippen LogP contribution is -2.05. The number of benzene rings is 1. The SMILES string of the molecule is O=C(O)Oc1cc(Cl)c([N+](=O)[O-])c(Br)c1I. The summed E-state index contributed by atoms with van der Waals surface area (Å²) in [4.78, 5) is 20.3. The van der Waals surface area contributed by atoms with Crippen LogP contribution in [0.4, 0.5) is 10.5 Å². The van der Waals surface area contributed by atoms with Crippen molar-refractivity contribution >= 4 is 62.0 Å². The molecular weight excluding hydrogens is 420 g/mol. The molecule has 0 aliphatic rings. The highest BCUT2D eigenvalue weighted by Gasteiger charge is 2.24. The van der Waals surface area contributed by atoms with Crippen molar-refractivity contribution < 1.29 is 19.6 Å². The molecule has 86 valence electrons. The smallest absolute Gasteiger partial charge is 0.449 e. The van der Waals surface area contributed by atoms with Crippen molar-refractivity contribution in [1.29, 1.82) is 0 Å². The largest absolute Gasteiger partial charge is 0.511 e. The molecule has 0 amide bonds. The molecule has 0 fully saturated rings. The minimum Gasteiger partial charge on any atom is -0.449 e. The number of nitro groups is 1. The van der Waals surface area contributed by atoms with E-state index in [9.17, 15) is 14.9 Å². The standard InChI is InChI=1S/C7H2BrClINO5/c8-4-5(10)3(16-7(12)13)1-2(9)6(4)11(14)15/h1H,(H,12,13). The van der Waals surface area contributed by atoms with Gasteiger partial charge in [0.15, 0.2) is 5.75 Å². The second-order valence-corrected chi connectivity index (χ2v) is 4.74. The zero-order valence-corrected chi connectivity index (χ0v) is 11.7. The van der Waals surface area contributed by atoms with E-state index in [2.05, 4.69) is 20.7 Å². The third-order valence-corrected chi connectivity index (χ3v) is 4.35. The van der Waals surface area contributed by atoms with Crippen LogP contribution in [0.15, 0.2) is 10.5 Å². The number of nitro benzene ring substituents is 1. The van der Waals surface area contributed by atoms with E-state index in [1.165, 1.54) is 0 Å². The van der Waals surface area contributed by atoms with Crippen molar-refractivity contribution in [3.05, 3.63) is 29.2 Å². The predicted octanol–water partition coefficient (Wildman–Crippen LogP) is 3.67. The maximum absolute atomic E-state index is 10.7. The number of rotatable bonds is 2. The minimum absolute atomic E-state index is 0.0597. The third kappa shape index (κ3) is 2.74. The van der Waals surface area contributed by atoms with E-state index in [1.54, 1.807) is 22.6 Å².